The van der Waals surface area contributed by atoms with Crippen LogP contribution in [0.25, 0.3) is 0 Å². The molecule has 38 heavy (non-hydrogen) atoms. The molecule has 0 aliphatic heterocycles. The molecule has 0 saturated carbocycles. The lowest BCUT2D eigenvalue weighted by Gasteiger charge is -2.38. The van der Waals surface area contributed by atoms with Crippen LogP contribution >= 0.6 is 15.8 Å². The molecule has 0 N–H and O–H groups in total. The van der Waals surface area contributed by atoms with Crippen molar-refractivity contribution in [1.29, 1.82) is 0 Å². The summed E-state index contributed by atoms with van der Waals surface area (Å²) in [7, 11) is -1.11. The molecule has 4 aromatic rings. The van der Waals surface area contributed by atoms with Gasteiger partial charge in [-0.2, -0.15) is 0 Å². The van der Waals surface area contributed by atoms with Gasteiger partial charge in [-0.15, -0.1) is 0 Å². The first kappa shape index (κ1) is 28.7. The van der Waals surface area contributed by atoms with Crippen LogP contribution in [0.3, 0.4) is 0 Å². The summed E-state index contributed by atoms with van der Waals surface area (Å²) < 4.78 is 0. The van der Waals surface area contributed by atoms with Crippen molar-refractivity contribution in [3.8, 4) is 0 Å². The van der Waals surface area contributed by atoms with Crippen LogP contribution < -0.4 is 21.2 Å². The fourth-order valence-corrected chi connectivity index (χ4v) is 12.6. The Bertz CT molecular complexity index is 1230. The Kier molecular flexibility index (Phi) is 8.97. The van der Waals surface area contributed by atoms with Crippen molar-refractivity contribution in [2.24, 2.45) is 0 Å². The van der Waals surface area contributed by atoms with Crippen LogP contribution in [-0.4, -0.2) is 11.3 Å². The Morgan fingerprint density at radius 3 is 0.789 bits per heavy atom. The lowest BCUT2D eigenvalue weighted by Crippen LogP contribution is -2.34. The van der Waals surface area contributed by atoms with Gasteiger partial charge in [-0.3, -0.25) is 0 Å². The Morgan fingerprint density at radius 2 is 0.579 bits per heavy atom. The summed E-state index contributed by atoms with van der Waals surface area (Å²) in [5, 5.41) is 6.18. The third-order valence-electron chi connectivity index (χ3n) is 8.85. The van der Waals surface area contributed by atoms with E-state index in [0.29, 0.717) is 11.3 Å². The van der Waals surface area contributed by atoms with Gasteiger partial charge in [0, 0.05) is 0 Å². The number of hydrogen-bond acceptors (Lipinski definition) is 0. The highest BCUT2D eigenvalue weighted by Crippen LogP contribution is 2.53. The van der Waals surface area contributed by atoms with Gasteiger partial charge >= 0.3 is 0 Å². The third kappa shape index (κ3) is 5.41. The first-order valence-electron chi connectivity index (χ1n) is 13.9. The molecule has 0 amide bonds. The molecule has 4 aromatic carbocycles. The van der Waals surface area contributed by atoms with Crippen molar-refractivity contribution in [2.45, 2.75) is 80.6 Å². The van der Waals surface area contributed by atoms with E-state index in [4.69, 9.17) is 0 Å². The summed E-state index contributed by atoms with van der Waals surface area (Å²) in [5.41, 5.74) is 12.4. The molecule has 0 bridgehead atoms. The summed E-state index contributed by atoms with van der Waals surface area (Å²) in [6.07, 6.45) is 0. The molecule has 2 atom stereocenters. The summed E-state index contributed by atoms with van der Waals surface area (Å²) in [5.74, 6) is 0. The summed E-state index contributed by atoms with van der Waals surface area (Å²) in [4.78, 5) is 0. The molecule has 0 aliphatic rings. The first-order chi connectivity index (χ1) is 18.0. The van der Waals surface area contributed by atoms with Gasteiger partial charge in [0.1, 0.15) is 0 Å². The molecule has 2 unspecified atom stereocenters. The zero-order valence-corrected chi connectivity index (χ0v) is 26.8. The second kappa shape index (κ2) is 11.9. The van der Waals surface area contributed by atoms with Crippen LogP contribution in [0, 0.1) is 55.4 Å². The molecule has 0 heterocycles. The van der Waals surface area contributed by atoms with Gasteiger partial charge in [-0.1, -0.05) is 86.6 Å². The van der Waals surface area contributed by atoms with Gasteiger partial charge in [0.25, 0.3) is 0 Å². The van der Waals surface area contributed by atoms with E-state index in [-0.39, 0.29) is 0 Å². The van der Waals surface area contributed by atoms with E-state index in [1.807, 2.05) is 0 Å². The first-order valence-corrected chi connectivity index (χ1v) is 16.7. The lowest BCUT2D eigenvalue weighted by atomic mass is 10.1. The second-order valence-electron chi connectivity index (χ2n) is 11.1. The average Bonchev–Trinajstić information content (AvgIpc) is 2.89. The van der Waals surface area contributed by atoms with Crippen molar-refractivity contribution in [1.82, 2.24) is 0 Å². The van der Waals surface area contributed by atoms with Crippen LogP contribution in [0.15, 0.2) is 72.8 Å². The Morgan fingerprint density at radius 1 is 0.368 bits per heavy atom. The van der Waals surface area contributed by atoms with Gasteiger partial charge in [0.05, 0.1) is 0 Å². The maximum Gasteiger partial charge on any atom is -0.00859 e. The Hall–Kier alpha value is -2.26. The fraction of sp³-hybridized carbons (Fsp3) is 0.333. The van der Waals surface area contributed by atoms with Crippen molar-refractivity contribution >= 4 is 37.1 Å². The molecule has 198 valence electrons. The zero-order valence-electron chi connectivity index (χ0n) is 25.0. The van der Waals surface area contributed by atoms with Crippen molar-refractivity contribution in [3.05, 3.63) is 117 Å². The van der Waals surface area contributed by atoms with Gasteiger partial charge in [-0.05, 0) is 148 Å². The van der Waals surface area contributed by atoms with Crippen molar-refractivity contribution in [3.63, 3.8) is 0 Å². The van der Waals surface area contributed by atoms with Crippen LogP contribution in [0.1, 0.15) is 58.4 Å². The molecule has 0 fully saturated rings. The molecule has 0 nitrogen and oxygen atoms in total. The minimum Gasteiger partial charge on any atom is -0.0613 e. The van der Waals surface area contributed by atoms with E-state index < -0.39 is 15.8 Å². The molecular weight excluding hydrogens is 494 g/mol. The molecule has 2 heteroatoms. The van der Waals surface area contributed by atoms with E-state index in [2.05, 4.69) is 142 Å². The Balaban J connectivity index is 1.95. The van der Waals surface area contributed by atoms with Crippen molar-refractivity contribution in [2.75, 3.05) is 0 Å². The average molecular weight is 539 g/mol. The van der Waals surface area contributed by atoms with E-state index in [1.54, 1.807) is 21.2 Å². The maximum atomic E-state index is 2.55. The number of benzene rings is 4. The van der Waals surface area contributed by atoms with Gasteiger partial charge in [0.2, 0.25) is 0 Å². The topological polar surface area (TPSA) is 0 Å². The molecule has 0 aliphatic carbocycles. The zero-order chi connectivity index (χ0) is 27.7. The van der Waals surface area contributed by atoms with Crippen LogP contribution in [0.5, 0.6) is 0 Å². The number of hydrogen-bond donors (Lipinski definition) is 0. The van der Waals surface area contributed by atoms with Gasteiger partial charge in [-0.25, -0.2) is 0 Å². The predicted molar refractivity (Wildman–Crippen MR) is 175 cm³/mol. The predicted octanol–water partition coefficient (Wildman–Crippen LogP) is 8.50. The van der Waals surface area contributed by atoms with Crippen LogP contribution in [0.4, 0.5) is 0 Å². The fourth-order valence-electron chi connectivity index (χ4n) is 5.55. The van der Waals surface area contributed by atoms with Gasteiger partial charge in [0.15, 0.2) is 0 Å². The molecular formula is C36H44P2. The van der Waals surface area contributed by atoms with Crippen LogP contribution in [-0.2, 0) is 0 Å². The standard InChI is InChI=1S/C36H44P2/c1-23-15-11-19-33(27(23)5)37(34-20-12-16-24(2)28(34)6)31(9)32(10)38(35-21-13-17-25(3)29(35)7)36-22-14-18-26(4)30(36)8/h11-22,31-32H,1-10H3. The summed E-state index contributed by atoms with van der Waals surface area (Å²) >= 11 is 0. The maximum absolute atomic E-state index is 2.55. The summed E-state index contributed by atoms with van der Waals surface area (Å²) in [6, 6.07) is 27.8. The number of aryl methyl sites for hydroxylation is 4. The van der Waals surface area contributed by atoms with Crippen molar-refractivity contribution < 1.29 is 0 Å². The van der Waals surface area contributed by atoms with Crippen LogP contribution in [0.2, 0.25) is 0 Å². The molecule has 0 radical (unpaired) electrons. The van der Waals surface area contributed by atoms with Gasteiger partial charge < -0.3 is 0 Å². The minimum atomic E-state index is -0.557. The van der Waals surface area contributed by atoms with E-state index >= 15 is 0 Å². The normalized spacial score (nSPS) is 13.3. The smallest absolute Gasteiger partial charge is 0.00859 e. The van der Waals surface area contributed by atoms with E-state index in [9.17, 15) is 0 Å². The largest absolute Gasteiger partial charge is 0.0613 e. The quantitative estimate of drug-likeness (QED) is 0.207. The SMILES string of the molecule is Cc1cccc(P(c2cccc(C)c2C)C(C)C(C)P(c2cccc(C)c2C)c2cccc(C)c2C)c1C. The highest BCUT2D eigenvalue weighted by molar-refractivity contribution is 7.77. The van der Waals surface area contributed by atoms with E-state index in [0.717, 1.165) is 0 Å². The number of rotatable bonds is 7. The minimum absolute atomic E-state index is 0.511. The molecule has 0 spiro atoms. The lowest BCUT2D eigenvalue weighted by molar-refractivity contribution is 0.911. The molecule has 0 aromatic heterocycles. The molecule has 0 saturated heterocycles. The highest BCUT2D eigenvalue weighted by Gasteiger charge is 2.35. The van der Waals surface area contributed by atoms with E-state index in [1.165, 1.54) is 44.5 Å². The second-order valence-corrected chi connectivity index (χ2v) is 16.1. The Labute approximate surface area is 234 Å². The third-order valence-corrected chi connectivity index (χ3v) is 15.6. The highest BCUT2D eigenvalue weighted by atomic mass is 31.1. The summed E-state index contributed by atoms with van der Waals surface area (Å²) in [6.45, 7) is 23.5. The monoisotopic (exact) mass is 538 g/mol. The molecule has 4 rings (SSSR count).